The lowest BCUT2D eigenvalue weighted by Crippen LogP contribution is -2.13. The van der Waals surface area contributed by atoms with Crippen molar-refractivity contribution in [3.05, 3.63) is 0 Å². The number of nitrogens with zero attached hydrogens (tertiary/aromatic N) is 2. The molecule has 0 aliphatic heterocycles. The summed E-state index contributed by atoms with van der Waals surface area (Å²) in [6.45, 7) is 1.27. The van der Waals surface area contributed by atoms with Crippen molar-refractivity contribution in [1.82, 2.24) is 4.90 Å². The first-order valence-corrected chi connectivity index (χ1v) is 4.07. The van der Waals surface area contributed by atoms with E-state index in [0.29, 0.717) is 6.54 Å². The van der Waals surface area contributed by atoms with Gasteiger partial charge < -0.3 is 4.90 Å². The summed E-state index contributed by atoms with van der Waals surface area (Å²) in [5.74, 6) is 0. The fourth-order valence-electron chi connectivity index (χ4n) is 0.526. The van der Waals surface area contributed by atoms with Crippen LogP contribution in [-0.4, -0.2) is 40.5 Å². The van der Waals surface area contributed by atoms with Crippen LogP contribution in [0.4, 0.5) is 0 Å². The van der Waals surface area contributed by atoms with Gasteiger partial charge in [0.2, 0.25) is 0 Å². The molecule has 0 amide bonds. The first kappa shape index (κ1) is 13.5. The van der Waals surface area contributed by atoms with E-state index >= 15 is 0 Å². The first-order valence-electron chi connectivity index (χ1n) is 3.04. The second-order valence-electron chi connectivity index (χ2n) is 2.23. The van der Waals surface area contributed by atoms with Crippen LogP contribution in [0.2, 0.25) is 0 Å². The van der Waals surface area contributed by atoms with Crippen molar-refractivity contribution in [2.24, 2.45) is 4.36 Å². The maximum absolute atomic E-state index is 9.86. The molecule has 0 radical (unpaired) electrons. The topological polar surface area (TPSA) is 49.7 Å². The highest BCUT2D eigenvalue weighted by Crippen LogP contribution is 1.82. The molecule has 0 aliphatic rings. The summed E-state index contributed by atoms with van der Waals surface area (Å²) in [5.41, 5.74) is 0. The second-order valence-corrected chi connectivity index (χ2v) is 2.92. The normalized spacial score (nSPS) is 9.00. The molecule has 0 aromatic rings. The van der Waals surface area contributed by atoms with Crippen molar-refractivity contribution in [2.75, 3.05) is 27.2 Å². The van der Waals surface area contributed by atoms with E-state index in [1.165, 1.54) is 0 Å². The fraction of sp³-hybridized carbons (Fsp3) is 1.00. The molecule has 0 aromatic carbocycles. The van der Waals surface area contributed by atoms with Gasteiger partial charge in [0.05, 0.1) is 6.54 Å². The van der Waals surface area contributed by atoms with E-state index in [9.17, 15) is 8.42 Å². The van der Waals surface area contributed by atoms with Crippen molar-refractivity contribution in [1.29, 1.82) is 0 Å². The number of hydrogen-bond donors (Lipinski definition) is 0. The molecule has 0 N–H and O–H groups in total. The Morgan fingerprint density at radius 2 is 1.91 bits per heavy atom. The molecule has 0 spiro atoms. The minimum atomic E-state index is -2.22. The zero-order chi connectivity index (χ0) is 7.98. The van der Waals surface area contributed by atoms with Crippen molar-refractivity contribution in [3.8, 4) is 0 Å². The Hall–Kier alpha value is -0.130. The van der Waals surface area contributed by atoms with Crippen LogP contribution in [-0.2, 0) is 10.5 Å². The molecule has 0 saturated heterocycles. The van der Waals surface area contributed by atoms with Crippen LogP contribution in [0.5, 0.6) is 0 Å². The molecule has 0 bridgehead atoms. The standard InChI is InChI=1S/C5H12N2O2S.ClH/c1-7(2)5-3-4-6-10(8)9;/h3-5H2,1-2H3;1H. The van der Waals surface area contributed by atoms with Gasteiger partial charge in [0.1, 0.15) is 0 Å². The van der Waals surface area contributed by atoms with E-state index in [1.54, 1.807) is 0 Å². The molecule has 4 nitrogen and oxygen atoms in total. The summed E-state index contributed by atoms with van der Waals surface area (Å²) in [7, 11) is 1.65. The minimum Gasteiger partial charge on any atom is -0.309 e. The van der Waals surface area contributed by atoms with Crippen LogP contribution in [0.3, 0.4) is 0 Å². The van der Waals surface area contributed by atoms with E-state index in [2.05, 4.69) is 4.36 Å². The van der Waals surface area contributed by atoms with Crippen LogP contribution in [0.15, 0.2) is 4.36 Å². The van der Waals surface area contributed by atoms with Crippen LogP contribution >= 0.6 is 12.4 Å². The Kier molecular flexibility index (Phi) is 9.75. The maximum Gasteiger partial charge on any atom is 0.311 e. The third kappa shape index (κ3) is 13.0. The molecule has 68 valence electrons. The largest absolute Gasteiger partial charge is 0.311 e. The molecule has 0 aliphatic carbocycles. The molecular weight excluding hydrogens is 188 g/mol. The maximum atomic E-state index is 9.86. The van der Waals surface area contributed by atoms with Crippen molar-refractivity contribution in [3.63, 3.8) is 0 Å². The molecule has 0 fully saturated rings. The number of halogens is 1. The third-order valence-electron chi connectivity index (χ3n) is 0.960. The van der Waals surface area contributed by atoms with Gasteiger partial charge in [-0.15, -0.1) is 12.4 Å². The van der Waals surface area contributed by atoms with Gasteiger partial charge in [-0.3, -0.25) is 0 Å². The summed E-state index contributed by atoms with van der Waals surface area (Å²) in [4.78, 5) is 1.99. The molecule has 0 saturated carbocycles. The van der Waals surface area contributed by atoms with Gasteiger partial charge in [0.15, 0.2) is 0 Å². The Labute approximate surface area is 74.7 Å². The predicted molar refractivity (Wildman–Crippen MR) is 46.6 cm³/mol. The molecule has 6 heteroatoms. The van der Waals surface area contributed by atoms with Gasteiger partial charge in [-0.1, -0.05) is 0 Å². The Balaban J connectivity index is 0. The monoisotopic (exact) mass is 200 g/mol. The van der Waals surface area contributed by atoms with Crippen molar-refractivity contribution < 1.29 is 8.42 Å². The van der Waals surface area contributed by atoms with E-state index < -0.39 is 10.5 Å². The van der Waals surface area contributed by atoms with Crippen molar-refractivity contribution >= 4 is 22.9 Å². The average molecular weight is 201 g/mol. The van der Waals surface area contributed by atoms with Crippen LogP contribution < -0.4 is 0 Å². The van der Waals surface area contributed by atoms with Crippen LogP contribution in [0.25, 0.3) is 0 Å². The van der Waals surface area contributed by atoms with Gasteiger partial charge in [-0.05, 0) is 27.1 Å². The highest BCUT2D eigenvalue weighted by Gasteiger charge is 1.87. The predicted octanol–water partition coefficient (Wildman–Crippen LogP) is 0.423. The highest BCUT2D eigenvalue weighted by molar-refractivity contribution is 7.61. The molecule has 11 heavy (non-hydrogen) atoms. The minimum absolute atomic E-state index is 0. The lowest BCUT2D eigenvalue weighted by atomic mass is 10.4. The SMILES string of the molecule is CN(C)CCCN=S(=O)=O.Cl. The lowest BCUT2D eigenvalue weighted by molar-refractivity contribution is 0.403. The van der Waals surface area contributed by atoms with Gasteiger partial charge in [0.25, 0.3) is 0 Å². The summed E-state index contributed by atoms with van der Waals surface area (Å²) in [6.07, 6.45) is 0.793. The second kappa shape index (κ2) is 7.97. The van der Waals surface area contributed by atoms with Gasteiger partial charge in [-0.2, -0.15) is 12.8 Å². The molecule has 0 heterocycles. The third-order valence-corrected chi connectivity index (χ3v) is 1.35. The molecular formula is C5H13ClN2O2S. The molecule has 0 unspecified atom stereocenters. The lowest BCUT2D eigenvalue weighted by Gasteiger charge is -2.05. The number of rotatable bonds is 4. The van der Waals surface area contributed by atoms with E-state index in [1.807, 2.05) is 19.0 Å². The highest BCUT2D eigenvalue weighted by atomic mass is 35.5. The summed E-state index contributed by atoms with van der Waals surface area (Å²) in [6, 6.07) is 0. The van der Waals surface area contributed by atoms with Crippen molar-refractivity contribution in [2.45, 2.75) is 6.42 Å². The fourth-order valence-corrected chi connectivity index (χ4v) is 0.804. The summed E-state index contributed by atoms with van der Waals surface area (Å²) >= 11 is 0. The molecule has 0 atom stereocenters. The Morgan fingerprint density at radius 3 is 2.27 bits per heavy atom. The van der Waals surface area contributed by atoms with E-state index in [4.69, 9.17) is 0 Å². The Bertz CT molecular complexity index is 193. The van der Waals surface area contributed by atoms with E-state index in [-0.39, 0.29) is 12.4 Å². The van der Waals surface area contributed by atoms with Gasteiger partial charge >= 0.3 is 10.5 Å². The number of hydrogen-bond acceptors (Lipinski definition) is 4. The smallest absolute Gasteiger partial charge is 0.309 e. The summed E-state index contributed by atoms with van der Waals surface area (Å²) in [5, 5.41) is 0. The van der Waals surface area contributed by atoms with Crippen LogP contribution in [0.1, 0.15) is 6.42 Å². The average Bonchev–Trinajstić information content (AvgIpc) is 1.79. The first-order chi connectivity index (χ1) is 4.63. The molecule has 0 aromatic heterocycles. The van der Waals surface area contributed by atoms with Gasteiger partial charge in [-0.25, -0.2) is 0 Å². The zero-order valence-corrected chi connectivity index (χ0v) is 8.28. The van der Waals surface area contributed by atoms with Gasteiger partial charge in [0, 0.05) is 0 Å². The quantitative estimate of drug-likeness (QED) is 0.619. The zero-order valence-electron chi connectivity index (χ0n) is 6.65. The molecule has 0 rings (SSSR count). The van der Waals surface area contributed by atoms with Crippen LogP contribution in [0, 0.1) is 0 Å². The Morgan fingerprint density at radius 1 is 1.36 bits per heavy atom. The van der Waals surface area contributed by atoms with E-state index in [0.717, 1.165) is 13.0 Å². The summed E-state index contributed by atoms with van der Waals surface area (Å²) < 4.78 is 23.0.